The molecule has 0 fully saturated rings. The molecule has 0 atom stereocenters. The highest BCUT2D eigenvalue weighted by Gasteiger charge is 2.21. The summed E-state index contributed by atoms with van der Waals surface area (Å²) in [4.78, 5) is 22.8. The van der Waals surface area contributed by atoms with E-state index in [1.165, 1.54) is 0 Å². The van der Waals surface area contributed by atoms with Gasteiger partial charge in [0.25, 0.3) is 0 Å². The monoisotopic (exact) mass is 415 g/mol. The van der Waals surface area contributed by atoms with Crippen LogP contribution in [0.3, 0.4) is 0 Å². The minimum Gasteiger partial charge on any atom is -0.494 e. The van der Waals surface area contributed by atoms with Crippen molar-refractivity contribution in [3.8, 4) is 5.75 Å². The predicted molar refractivity (Wildman–Crippen MR) is 119 cm³/mol. The fourth-order valence-electron chi connectivity index (χ4n) is 2.75. The Morgan fingerprint density at radius 2 is 1.89 bits per heavy atom. The molecule has 0 aliphatic rings. The minimum atomic E-state index is 0.0615. The number of carbonyl (C=O) groups excluding carboxylic acids is 1. The van der Waals surface area contributed by atoms with Crippen LogP contribution >= 0.6 is 23.1 Å². The molecule has 0 spiro atoms. The summed E-state index contributed by atoms with van der Waals surface area (Å²) in [5.41, 5.74) is 1.96. The van der Waals surface area contributed by atoms with Crippen molar-refractivity contribution in [1.29, 1.82) is 0 Å². The van der Waals surface area contributed by atoms with Crippen LogP contribution in [-0.4, -0.2) is 55.8 Å². The number of thiazole rings is 1. The number of carbonyl (C=O) groups is 1. The molecule has 28 heavy (non-hydrogen) atoms. The number of methoxy groups -OCH3 is 1. The maximum absolute atomic E-state index is 13.1. The summed E-state index contributed by atoms with van der Waals surface area (Å²) >= 11 is 3.10. The number of thioether (sulfide) groups is 1. The van der Waals surface area contributed by atoms with Gasteiger partial charge in [0.15, 0.2) is 5.13 Å². The van der Waals surface area contributed by atoms with E-state index in [0.717, 1.165) is 38.1 Å². The molecular weight excluding hydrogens is 390 g/mol. The Hall–Kier alpha value is -2.09. The molecule has 7 heteroatoms. The highest BCUT2D eigenvalue weighted by molar-refractivity contribution is 8.00. The van der Waals surface area contributed by atoms with Crippen LogP contribution in [0, 0.1) is 6.92 Å². The van der Waals surface area contributed by atoms with Gasteiger partial charge in [-0.25, -0.2) is 4.98 Å². The molecule has 5 nitrogen and oxygen atoms in total. The van der Waals surface area contributed by atoms with Crippen LogP contribution in [0.25, 0.3) is 10.2 Å². The first-order valence-electron chi connectivity index (χ1n) is 9.06. The molecule has 0 saturated carbocycles. The second-order valence-electron chi connectivity index (χ2n) is 6.71. The first-order valence-corrected chi connectivity index (χ1v) is 10.9. The van der Waals surface area contributed by atoms with Crippen LogP contribution in [0.2, 0.25) is 0 Å². The quantitative estimate of drug-likeness (QED) is 0.513. The smallest absolute Gasteiger partial charge is 0.239 e. The average molecular weight is 416 g/mol. The van der Waals surface area contributed by atoms with Crippen molar-refractivity contribution < 1.29 is 9.53 Å². The summed E-state index contributed by atoms with van der Waals surface area (Å²) in [6.07, 6.45) is 0. The lowest BCUT2D eigenvalue weighted by molar-refractivity contribution is -0.116. The Morgan fingerprint density at radius 1 is 1.14 bits per heavy atom. The molecule has 1 amide bonds. The highest BCUT2D eigenvalue weighted by atomic mass is 32.2. The van der Waals surface area contributed by atoms with Crippen LogP contribution in [0.15, 0.2) is 47.4 Å². The van der Waals surface area contributed by atoms with Crippen molar-refractivity contribution in [3.05, 3.63) is 48.0 Å². The molecule has 3 rings (SSSR count). The predicted octanol–water partition coefficient (Wildman–Crippen LogP) is 4.30. The Morgan fingerprint density at radius 3 is 2.57 bits per heavy atom. The van der Waals surface area contributed by atoms with Crippen LogP contribution in [0.4, 0.5) is 5.13 Å². The molecule has 0 unspecified atom stereocenters. The molecule has 0 aliphatic carbocycles. The van der Waals surface area contributed by atoms with Gasteiger partial charge in [-0.05, 0) is 44.8 Å². The molecule has 3 aromatic rings. The zero-order valence-corrected chi connectivity index (χ0v) is 18.3. The van der Waals surface area contributed by atoms with Gasteiger partial charge in [0.2, 0.25) is 5.91 Å². The molecule has 0 N–H and O–H groups in total. The second kappa shape index (κ2) is 9.41. The molecule has 0 bridgehead atoms. The largest absolute Gasteiger partial charge is 0.494 e. The molecule has 2 aromatic carbocycles. The lowest BCUT2D eigenvalue weighted by Crippen LogP contribution is -2.37. The fourth-order valence-corrected chi connectivity index (χ4v) is 4.64. The standard InChI is InChI=1S/C21H25N3O2S2/c1-15-10-11-17(26-4)19-20(15)28-21(22-19)24(13-12-23(2)3)18(25)14-27-16-8-6-5-7-9-16/h5-11H,12-14H2,1-4H3. The molecule has 0 aliphatic heterocycles. The maximum Gasteiger partial charge on any atom is 0.239 e. The number of ether oxygens (including phenoxy) is 1. The maximum atomic E-state index is 13.1. The Bertz CT molecular complexity index is 941. The number of likely N-dealkylation sites (N-methyl/N-ethyl adjacent to an activating group) is 1. The van der Waals surface area contributed by atoms with Crippen molar-refractivity contribution in [3.63, 3.8) is 0 Å². The van der Waals surface area contributed by atoms with Crippen LogP contribution < -0.4 is 9.64 Å². The normalized spacial score (nSPS) is 11.2. The van der Waals surface area contributed by atoms with Gasteiger partial charge >= 0.3 is 0 Å². The number of aryl methyl sites for hydroxylation is 1. The SMILES string of the molecule is COc1ccc(C)c2sc(N(CCN(C)C)C(=O)CSc3ccccc3)nc12. The van der Waals surface area contributed by atoms with Crippen molar-refractivity contribution in [1.82, 2.24) is 9.88 Å². The van der Waals surface area contributed by atoms with Crippen LogP contribution in [0.5, 0.6) is 5.75 Å². The van der Waals surface area contributed by atoms with Crippen LogP contribution in [-0.2, 0) is 4.79 Å². The molecule has 148 valence electrons. The summed E-state index contributed by atoms with van der Waals surface area (Å²) in [7, 11) is 5.66. The van der Waals surface area contributed by atoms with Gasteiger partial charge < -0.3 is 9.64 Å². The first-order chi connectivity index (χ1) is 13.5. The zero-order valence-electron chi connectivity index (χ0n) is 16.6. The number of benzene rings is 2. The number of hydrogen-bond donors (Lipinski definition) is 0. The summed E-state index contributed by atoms with van der Waals surface area (Å²) in [5, 5.41) is 0.725. The van der Waals surface area contributed by atoms with E-state index in [4.69, 9.17) is 9.72 Å². The van der Waals surface area contributed by atoms with Gasteiger partial charge in [0.1, 0.15) is 11.3 Å². The number of nitrogens with zero attached hydrogens (tertiary/aromatic N) is 3. The summed E-state index contributed by atoms with van der Waals surface area (Å²) < 4.78 is 6.53. The fraction of sp³-hybridized carbons (Fsp3) is 0.333. The number of amides is 1. The first kappa shape index (κ1) is 20.6. The third-order valence-corrected chi connectivity index (χ3v) is 6.53. The number of anilines is 1. The molecule has 0 radical (unpaired) electrons. The zero-order chi connectivity index (χ0) is 20.1. The van der Waals surface area contributed by atoms with Crippen molar-refractivity contribution in [2.45, 2.75) is 11.8 Å². The van der Waals surface area contributed by atoms with Crippen molar-refractivity contribution in [2.75, 3.05) is 44.9 Å². The van der Waals surface area contributed by atoms with Crippen molar-refractivity contribution in [2.24, 2.45) is 0 Å². The van der Waals surface area contributed by atoms with Crippen molar-refractivity contribution >= 4 is 44.4 Å². The Kier molecular flexibility index (Phi) is 6.93. The number of aromatic nitrogens is 1. The summed E-state index contributed by atoms with van der Waals surface area (Å²) in [5.74, 6) is 1.18. The van der Waals surface area contributed by atoms with Gasteiger partial charge in [-0.2, -0.15) is 0 Å². The lowest BCUT2D eigenvalue weighted by atomic mass is 10.2. The summed E-state index contributed by atoms with van der Waals surface area (Å²) in [6, 6.07) is 13.9. The van der Waals surface area contributed by atoms with E-state index >= 15 is 0 Å². The van der Waals surface area contributed by atoms with Gasteiger partial charge in [-0.1, -0.05) is 35.6 Å². The van der Waals surface area contributed by atoms with Gasteiger partial charge in [-0.15, -0.1) is 11.8 Å². The number of fused-ring (bicyclic) bond motifs is 1. The van der Waals surface area contributed by atoms with E-state index in [-0.39, 0.29) is 5.91 Å². The van der Waals surface area contributed by atoms with Gasteiger partial charge in [0, 0.05) is 18.0 Å². The molecule has 0 saturated heterocycles. The van der Waals surface area contributed by atoms with Gasteiger partial charge in [0.05, 0.1) is 17.6 Å². The third-order valence-electron chi connectivity index (χ3n) is 4.32. The molecule has 1 heterocycles. The number of rotatable bonds is 8. The molecular formula is C21H25N3O2S2. The summed E-state index contributed by atoms with van der Waals surface area (Å²) in [6.45, 7) is 3.43. The average Bonchev–Trinajstić information content (AvgIpc) is 3.13. The lowest BCUT2D eigenvalue weighted by Gasteiger charge is -2.21. The van der Waals surface area contributed by atoms with E-state index in [1.807, 2.05) is 56.6 Å². The third kappa shape index (κ3) is 4.84. The highest BCUT2D eigenvalue weighted by Crippen LogP contribution is 2.36. The van der Waals surface area contributed by atoms with E-state index in [2.05, 4.69) is 11.8 Å². The number of hydrogen-bond acceptors (Lipinski definition) is 6. The minimum absolute atomic E-state index is 0.0615. The second-order valence-corrected chi connectivity index (χ2v) is 8.74. The van der Waals surface area contributed by atoms with Gasteiger partial charge in [-0.3, -0.25) is 9.69 Å². The van der Waals surface area contributed by atoms with E-state index in [1.54, 1.807) is 35.1 Å². The van der Waals surface area contributed by atoms with E-state index < -0.39 is 0 Å². The van der Waals surface area contributed by atoms with E-state index in [0.29, 0.717) is 12.3 Å². The Balaban J connectivity index is 1.87. The topological polar surface area (TPSA) is 45.7 Å². The Labute approximate surface area is 174 Å². The van der Waals surface area contributed by atoms with E-state index in [9.17, 15) is 4.79 Å². The van der Waals surface area contributed by atoms with Crippen LogP contribution in [0.1, 0.15) is 5.56 Å². The molecule has 1 aromatic heterocycles.